The van der Waals surface area contributed by atoms with Gasteiger partial charge in [-0.1, -0.05) is 47.3 Å². The molecule has 1 aromatic heterocycles. The number of carbonyl (C=O) groups excluding carboxylic acids is 1. The van der Waals surface area contributed by atoms with Gasteiger partial charge in [0, 0.05) is 40.8 Å². The zero-order valence-corrected chi connectivity index (χ0v) is 23.9. The Balaban J connectivity index is 1.21. The van der Waals surface area contributed by atoms with Crippen molar-refractivity contribution in [3.8, 4) is 17.1 Å². The third-order valence-electron chi connectivity index (χ3n) is 8.16. The van der Waals surface area contributed by atoms with Crippen LogP contribution in [0.3, 0.4) is 0 Å². The van der Waals surface area contributed by atoms with Gasteiger partial charge in [-0.25, -0.2) is 9.37 Å². The first-order valence-corrected chi connectivity index (χ1v) is 14.9. The predicted molar refractivity (Wildman–Crippen MR) is 157 cm³/mol. The fraction of sp³-hybridized carbons (Fsp3) is 0.375. The van der Waals surface area contributed by atoms with E-state index in [1.54, 1.807) is 23.1 Å². The molecule has 2 fully saturated rings. The zero-order valence-electron chi connectivity index (χ0n) is 22.4. The molecule has 1 N–H and O–H groups in total. The molecule has 1 saturated heterocycles. The molecule has 2 aliphatic rings. The smallest absolute Gasteiger partial charge is 0.253 e. The Morgan fingerprint density at radius 2 is 1.77 bits per heavy atom. The number of aliphatic hydroxyl groups excluding tert-OH is 1. The van der Waals surface area contributed by atoms with Gasteiger partial charge in [0.1, 0.15) is 24.0 Å². The number of likely N-dealkylation sites (tertiary alicyclic amines) is 1. The van der Waals surface area contributed by atoms with Crippen LogP contribution in [0.2, 0.25) is 0 Å². The quantitative estimate of drug-likeness (QED) is 0.251. The van der Waals surface area contributed by atoms with Crippen LogP contribution in [0.1, 0.15) is 66.9 Å². The van der Waals surface area contributed by atoms with Crippen molar-refractivity contribution in [2.24, 2.45) is 0 Å². The van der Waals surface area contributed by atoms with Gasteiger partial charge in [0.05, 0.1) is 22.7 Å². The molecule has 0 radical (unpaired) electrons. The third kappa shape index (κ3) is 5.52. The van der Waals surface area contributed by atoms with Crippen LogP contribution < -0.4 is 4.74 Å². The van der Waals surface area contributed by atoms with Gasteiger partial charge in [0.25, 0.3) is 5.91 Å². The molecule has 40 heavy (non-hydrogen) atoms. The van der Waals surface area contributed by atoms with E-state index in [1.807, 2.05) is 30.3 Å². The van der Waals surface area contributed by atoms with E-state index < -0.39 is 0 Å². The third-order valence-corrected chi connectivity index (χ3v) is 8.93. The normalized spacial score (nSPS) is 16.9. The maximum absolute atomic E-state index is 15.6. The molecule has 2 heterocycles. The summed E-state index contributed by atoms with van der Waals surface area (Å²) < 4.78 is 24.6. The number of hydrogen-bond donors (Lipinski definition) is 1. The summed E-state index contributed by atoms with van der Waals surface area (Å²) >= 11 is 3.55. The number of piperidine rings is 1. The molecule has 6 nitrogen and oxygen atoms in total. The van der Waals surface area contributed by atoms with E-state index in [2.05, 4.69) is 26.6 Å². The fourth-order valence-electron chi connectivity index (χ4n) is 5.94. The Hall–Kier alpha value is -3.23. The number of para-hydroxylation sites is 2. The van der Waals surface area contributed by atoms with Gasteiger partial charge < -0.3 is 19.3 Å². The van der Waals surface area contributed by atoms with Crippen LogP contribution in [-0.2, 0) is 6.61 Å². The summed E-state index contributed by atoms with van der Waals surface area (Å²) in [5.41, 5.74) is 3.76. The van der Waals surface area contributed by atoms with Crippen molar-refractivity contribution in [3.05, 3.63) is 82.1 Å². The molecule has 1 aliphatic heterocycles. The van der Waals surface area contributed by atoms with Crippen molar-refractivity contribution in [2.75, 3.05) is 13.1 Å². The highest BCUT2D eigenvalue weighted by molar-refractivity contribution is 9.10. The lowest BCUT2D eigenvalue weighted by Gasteiger charge is -2.29. The Morgan fingerprint density at radius 3 is 2.55 bits per heavy atom. The highest BCUT2D eigenvalue weighted by Gasteiger charge is 2.25. The van der Waals surface area contributed by atoms with Gasteiger partial charge in [0.2, 0.25) is 0 Å². The van der Waals surface area contributed by atoms with Crippen LogP contribution in [-0.4, -0.2) is 44.7 Å². The Labute approximate surface area is 241 Å². The van der Waals surface area contributed by atoms with Crippen LogP contribution in [0.15, 0.2) is 65.1 Å². The summed E-state index contributed by atoms with van der Waals surface area (Å²) in [7, 11) is 0. The number of amides is 1. The minimum atomic E-state index is -0.375. The van der Waals surface area contributed by atoms with Crippen molar-refractivity contribution in [1.82, 2.24) is 14.5 Å². The number of ether oxygens (including phenoxy) is 1. The van der Waals surface area contributed by atoms with Crippen molar-refractivity contribution in [2.45, 2.75) is 63.7 Å². The number of rotatable bonds is 6. The summed E-state index contributed by atoms with van der Waals surface area (Å²) in [5, 5.41) is 9.75. The number of nitrogens with zero attached hydrogens (tertiary/aromatic N) is 3. The fourth-order valence-corrected chi connectivity index (χ4v) is 6.30. The van der Waals surface area contributed by atoms with Gasteiger partial charge >= 0.3 is 0 Å². The Morgan fingerprint density at radius 1 is 1.00 bits per heavy atom. The highest BCUT2D eigenvalue weighted by atomic mass is 79.9. The number of benzene rings is 3. The first-order valence-electron chi connectivity index (χ1n) is 14.1. The molecule has 0 atom stereocenters. The summed E-state index contributed by atoms with van der Waals surface area (Å²) in [6.07, 6.45) is 6.60. The first kappa shape index (κ1) is 27.0. The number of aliphatic hydroxyl groups is 1. The summed E-state index contributed by atoms with van der Waals surface area (Å²) in [4.78, 5) is 19.6. The van der Waals surface area contributed by atoms with E-state index in [0.29, 0.717) is 54.7 Å². The van der Waals surface area contributed by atoms with E-state index in [0.717, 1.165) is 33.9 Å². The summed E-state index contributed by atoms with van der Waals surface area (Å²) in [6, 6.07) is 18.7. The number of imidazole rings is 1. The lowest BCUT2D eigenvalue weighted by molar-refractivity contribution is 0.0546. The molecule has 208 valence electrons. The SMILES string of the molecule is O=C(c1ccc(Br)c(COc2ccc(-c3nc4ccccc4n3C3CCCCC3)c(F)c2)c1)N1CCC(O)CC1. The molecule has 6 rings (SSSR count). The van der Waals surface area contributed by atoms with Gasteiger partial charge in [-0.3, -0.25) is 4.79 Å². The minimum absolute atomic E-state index is 0.0584. The van der Waals surface area contributed by atoms with Gasteiger partial charge in [-0.05, 0) is 68.1 Å². The zero-order chi connectivity index (χ0) is 27.6. The van der Waals surface area contributed by atoms with E-state index >= 15 is 4.39 Å². The second kappa shape index (κ2) is 11.7. The standard InChI is InChI=1S/C32H33BrFN3O3/c33-27-13-10-21(32(39)36-16-14-24(38)15-17-36)18-22(27)20-40-25-11-12-26(28(34)19-25)31-35-29-8-4-5-9-30(29)37(31)23-6-2-1-3-7-23/h4-5,8-13,18-19,23-24,38H,1-3,6-7,14-17,20H2. The molecule has 0 spiro atoms. The number of carbonyl (C=O) groups is 1. The van der Waals surface area contributed by atoms with E-state index in [4.69, 9.17) is 9.72 Å². The highest BCUT2D eigenvalue weighted by Crippen LogP contribution is 2.37. The number of hydrogen-bond acceptors (Lipinski definition) is 4. The average Bonchev–Trinajstić information content (AvgIpc) is 3.36. The topological polar surface area (TPSA) is 67.6 Å². The molecule has 8 heteroatoms. The Kier molecular flexibility index (Phi) is 7.89. The van der Waals surface area contributed by atoms with Crippen molar-refractivity contribution in [3.63, 3.8) is 0 Å². The van der Waals surface area contributed by atoms with Crippen molar-refractivity contribution < 1.29 is 19.0 Å². The maximum Gasteiger partial charge on any atom is 0.253 e. The van der Waals surface area contributed by atoms with E-state index in [9.17, 15) is 9.90 Å². The van der Waals surface area contributed by atoms with Gasteiger partial charge in [-0.15, -0.1) is 0 Å². The average molecular weight is 607 g/mol. The van der Waals surface area contributed by atoms with E-state index in [1.165, 1.54) is 25.3 Å². The molecule has 0 unspecified atom stereocenters. The van der Waals surface area contributed by atoms with Crippen LogP contribution in [0.25, 0.3) is 22.4 Å². The lowest BCUT2D eigenvalue weighted by atomic mass is 9.95. The molecular formula is C32H33BrFN3O3. The summed E-state index contributed by atoms with van der Waals surface area (Å²) in [5.74, 6) is 0.642. The van der Waals surface area contributed by atoms with Crippen molar-refractivity contribution >= 4 is 32.9 Å². The lowest BCUT2D eigenvalue weighted by Crippen LogP contribution is -2.40. The van der Waals surface area contributed by atoms with Crippen LogP contribution in [0.4, 0.5) is 4.39 Å². The maximum atomic E-state index is 15.6. The molecule has 4 aromatic rings. The van der Waals surface area contributed by atoms with Crippen LogP contribution in [0.5, 0.6) is 5.75 Å². The largest absolute Gasteiger partial charge is 0.489 e. The molecule has 1 aliphatic carbocycles. The Bertz CT molecular complexity index is 1520. The second-order valence-electron chi connectivity index (χ2n) is 10.8. The molecular weight excluding hydrogens is 573 g/mol. The number of fused-ring (bicyclic) bond motifs is 1. The molecule has 1 amide bonds. The van der Waals surface area contributed by atoms with Gasteiger partial charge in [0.15, 0.2) is 0 Å². The number of halogens is 2. The predicted octanol–water partition coefficient (Wildman–Crippen LogP) is 7.29. The van der Waals surface area contributed by atoms with Crippen LogP contribution in [0, 0.1) is 5.82 Å². The summed E-state index contributed by atoms with van der Waals surface area (Å²) in [6.45, 7) is 1.27. The molecule has 0 bridgehead atoms. The van der Waals surface area contributed by atoms with Crippen LogP contribution >= 0.6 is 15.9 Å². The van der Waals surface area contributed by atoms with Gasteiger partial charge in [-0.2, -0.15) is 0 Å². The molecule has 1 saturated carbocycles. The van der Waals surface area contributed by atoms with Crippen molar-refractivity contribution in [1.29, 1.82) is 0 Å². The first-order chi connectivity index (χ1) is 19.5. The number of aromatic nitrogens is 2. The second-order valence-corrected chi connectivity index (χ2v) is 11.7. The molecule has 3 aromatic carbocycles. The van der Waals surface area contributed by atoms with E-state index in [-0.39, 0.29) is 24.4 Å². The monoisotopic (exact) mass is 605 g/mol. The minimum Gasteiger partial charge on any atom is -0.489 e.